The lowest BCUT2D eigenvalue weighted by atomic mass is 10.1. The largest absolute Gasteiger partial charge is 0.369 e. The fraction of sp³-hybridized carbons (Fsp3) is 0.125. The summed E-state index contributed by atoms with van der Waals surface area (Å²) in [6.45, 7) is 0.516. The van der Waals surface area contributed by atoms with Crippen LogP contribution in [0.5, 0.6) is 0 Å². The SMILES string of the molecule is Fc1cc(F)c2ncnc(NCCc3ccc(Cl)c(Cl)c3)c2c1. The van der Waals surface area contributed by atoms with Gasteiger partial charge in [-0.3, -0.25) is 0 Å². The fourth-order valence-corrected chi connectivity index (χ4v) is 2.57. The van der Waals surface area contributed by atoms with E-state index in [1.165, 1.54) is 12.4 Å². The lowest BCUT2D eigenvalue weighted by Gasteiger charge is -2.09. The van der Waals surface area contributed by atoms with Crippen molar-refractivity contribution in [3.63, 3.8) is 0 Å². The molecule has 0 bridgehead atoms. The summed E-state index contributed by atoms with van der Waals surface area (Å²) in [5, 5.41) is 4.35. The molecule has 0 unspecified atom stereocenters. The highest BCUT2D eigenvalue weighted by Crippen LogP contribution is 2.24. The van der Waals surface area contributed by atoms with Crippen molar-refractivity contribution in [3.05, 3.63) is 63.9 Å². The van der Waals surface area contributed by atoms with E-state index in [0.717, 1.165) is 11.6 Å². The number of hydrogen-bond donors (Lipinski definition) is 1. The Morgan fingerprint density at radius 1 is 1.00 bits per heavy atom. The van der Waals surface area contributed by atoms with Gasteiger partial charge in [-0.25, -0.2) is 18.7 Å². The van der Waals surface area contributed by atoms with Gasteiger partial charge < -0.3 is 5.32 Å². The third-order valence-corrected chi connectivity index (χ3v) is 4.09. The summed E-state index contributed by atoms with van der Waals surface area (Å²) < 4.78 is 27.1. The lowest BCUT2D eigenvalue weighted by molar-refractivity contribution is 0.590. The Kier molecular flexibility index (Phi) is 4.59. The van der Waals surface area contributed by atoms with E-state index in [1.807, 2.05) is 6.07 Å². The molecule has 0 aliphatic rings. The number of nitrogens with zero attached hydrogens (tertiary/aromatic N) is 2. The molecular weight excluding hydrogens is 343 g/mol. The molecule has 0 aliphatic carbocycles. The van der Waals surface area contributed by atoms with E-state index in [0.29, 0.717) is 34.2 Å². The van der Waals surface area contributed by atoms with Gasteiger partial charge in [0.15, 0.2) is 5.82 Å². The van der Waals surface area contributed by atoms with Crippen molar-refractivity contribution in [1.29, 1.82) is 0 Å². The van der Waals surface area contributed by atoms with Crippen LogP contribution in [0.15, 0.2) is 36.7 Å². The summed E-state index contributed by atoms with van der Waals surface area (Å²) in [5.74, 6) is -0.999. The minimum atomic E-state index is -0.713. The maximum absolute atomic E-state index is 13.7. The van der Waals surface area contributed by atoms with Gasteiger partial charge in [0.25, 0.3) is 0 Å². The molecule has 0 radical (unpaired) electrons. The minimum absolute atomic E-state index is 0.0819. The number of aromatic nitrogens is 2. The molecule has 7 heteroatoms. The predicted octanol–water partition coefficient (Wildman–Crippen LogP) is 4.87. The maximum Gasteiger partial charge on any atom is 0.152 e. The molecule has 1 aromatic heterocycles. The van der Waals surface area contributed by atoms with Gasteiger partial charge >= 0.3 is 0 Å². The average Bonchev–Trinajstić information content (AvgIpc) is 2.51. The summed E-state index contributed by atoms with van der Waals surface area (Å²) >= 11 is 11.8. The van der Waals surface area contributed by atoms with Gasteiger partial charge in [-0.1, -0.05) is 29.3 Å². The predicted molar refractivity (Wildman–Crippen MR) is 88.1 cm³/mol. The molecule has 3 nitrogen and oxygen atoms in total. The van der Waals surface area contributed by atoms with Crippen molar-refractivity contribution in [1.82, 2.24) is 9.97 Å². The number of rotatable bonds is 4. The lowest BCUT2D eigenvalue weighted by Crippen LogP contribution is -2.07. The smallest absolute Gasteiger partial charge is 0.152 e. The Hall–Kier alpha value is -1.98. The van der Waals surface area contributed by atoms with E-state index >= 15 is 0 Å². The van der Waals surface area contributed by atoms with E-state index in [1.54, 1.807) is 12.1 Å². The normalized spacial score (nSPS) is 11.0. The van der Waals surface area contributed by atoms with Crippen LogP contribution in [0, 0.1) is 11.6 Å². The highest BCUT2D eigenvalue weighted by molar-refractivity contribution is 6.42. The van der Waals surface area contributed by atoms with Crippen LogP contribution in [0.1, 0.15) is 5.56 Å². The van der Waals surface area contributed by atoms with Crippen molar-refractivity contribution in [2.45, 2.75) is 6.42 Å². The summed E-state index contributed by atoms with van der Waals surface area (Å²) in [6.07, 6.45) is 1.89. The van der Waals surface area contributed by atoms with Crippen molar-refractivity contribution in [3.8, 4) is 0 Å². The number of fused-ring (bicyclic) bond motifs is 1. The molecule has 2 aromatic carbocycles. The molecule has 0 atom stereocenters. The van der Waals surface area contributed by atoms with Crippen molar-refractivity contribution >= 4 is 39.9 Å². The van der Waals surface area contributed by atoms with Gasteiger partial charge in [0.1, 0.15) is 23.5 Å². The van der Waals surface area contributed by atoms with E-state index in [4.69, 9.17) is 23.2 Å². The zero-order valence-electron chi connectivity index (χ0n) is 11.8. The minimum Gasteiger partial charge on any atom is -0.369 e. The number of nitrogens with one attached hydrogen (secondary N) is 1. The molecule has 3 rings (SSSR count). The molecule has 0 spiro atoms. The van der Waals surface area contributed by atoms with Gasteiger partial charge in [-0.05, 0) is 30.2 Å². The maximum atomic E-state index is 13.7. The second kappa shape index (κ2) is 6.64. The molecule has 23 heavy (non-hydrogen) atoms. The standard InChI is InChI=1S/C16H11Cl2F2N3/c17-12-2-1-9(5-13(12)18)3-4-21-16-11-6-10(19)7-14(20)15(11)22-8-23-16/h1-2,5-8H,3-4H2,(H,21,22,23). The third kappa shape index (κ3) is 3.51. The van der Waals surface area contributed by atoms with E-state index in [-0.39, 0.29) is 5.52 Å². The Morgan fingerprint density at radius 3 is 2.61 bits per heavy atom. The molecule has 1 heterocycles. The molecule has 118 valence electrons. The highest BCUT2D eigenvalue weighted by Gasteiger charge is 2.10. The van der Waals surface area contributed by atoms with Gasteiger partial charge in [-0.15, -0.1) is 0 Å². The first-order chi connectivity index (χ1) is 11.0. The zero-order chi connectivity index (χ0) is 16.4. The second-order valence-electron chi connectivity index (χ2n) is 4.93. The number of hydrogen-bond acceptors (Lipinski definition) is 3. The number of benzene rings is 2. The first-order valence-electron chi connectivity index (χ1n) is 6.82. The molecular formula is C16H11Cl2F2N3. The van der Waals surface area contributed by atoms with Crippen LogP contribution in [0.4, 0.5) is 14.6 Å². The highest BCUT2D eigenvalue weighted by atomic mass is 35.5. The van der Waals surface area contributed by atoms with Crippen LogP contribution in [-0.2, 0) is 6.42 Å². The topological polar surface area (TPSA) is 37.8 Å². The van der Waals surface area contributed by atoms with Crippen LogP contribution in [-0.4, -0.2) is 16.5 Å². The molecule has 0 amide bonds. The third-order valence-electron chi connectivity index (χ3n) is 3.35. The van der Waals surface area contributed by atoms with Gasteiger partial charge in [-0.2, -0.15) is 0 Å². The monoisotopic (exact) mass is 353 g/mol. The Bertz CT molecular complexity index is 871. The van der Waals surface area contributed by atoms with Crippen LogP contribution in [0.2, 0.25) is 10.0 Å². The van der Waals surface area contributed by atoms with Crippen LogP contribution < -0.4 is 5.32 Å². The molecule has 0 saturated heterocycles. The molecule has 3 aromatic rings. The van der Waals surface area contributed by atoms with Crippen molar-refractivity contribution < 1.29 is 8.78 Å². The fourth-order valence-electron chi connectivity index (χ4n) is 2.25. The van der Waals surface area contributed by atoms with Crippen LogP contribution in [0.25, 0.3) is 10.9 Å². The summed E-state index contributed by atoms with van der Waals surface area (Å²) in [6, 6.07) is 7.38. The van der Waals surface area contributed by atoms with Crippen molar-refractivity contribution in [2.75, 3.05) is 11.9 Å². The second-order valence-corrected chi connectivity index (χ2v) is 5.75. The molecule has 0 saturated carbocycles. The Morgan fingerprint density at radius 2 is 1.83 bits per heavy atom. The Labute approximate surface area is 141 Å². The molecule has 0 fully saturated rings. The van der Waals surface area contributed by atoms with Gasteiger partial charge in [0, 0.05) is 18.0 Å². The van der Waals surface area contributed by atoms with Crippen LogP contribution in [0.3, 0.4) is 0 Å². The first-order valence-corrected chi connectivity index (χ1v) is 7.58. The zero-order valence-corrected chi connectivity index (χ0v) is 13.3. The average molecular weight is 354 g/mol. The number of anilines is 1. The van der Waals surface area contributed by atoms with E-state index < -0.39 is 11.6 Å². The van der Waals surface area contributed by atoms with E-state index in [2.05, 4.69) is 15.3 Å². The van der Waals surface area contributed by atoms with E-state index in [9.17, 15) is 8.78 Å². The van der Waals surface area contributed by atoms with Crippen molar-refractivity contribution in [2.24, 2.45) is 0 Å². The Balaban J connectivity index is 1.78. The van der Waals surface area contributed by atoms with Gasteiger partial charge in [0.05, 0.1) is 10.0 Å². The number of halogens is 4. The molecule has 1 N–H and O–H groups in total. The summed E-state index contributed by atoms with van der Waals surface area (Å²) in [5.41, 5.74) is 1.07. The summed E-state index contributed by atoms with van der Waals surface area (Å²) in [7, 11) is 0. The molecule has 0 aliphatic heterocycles. The quantitative estimate of drug-likeness (QED) is 0.726. The first kappa shape index (κ1) is 15.9. The van der Waals surface area contributed by atoms with Gasteiger partial charge in [0.2, 0.25) is 0 Å². The van der Waals surface area contributed by atoms with Crippen LogP contribution >= 0.6 is 23.2 Å². The summed E-state index contributed by atoms with van der Waals surface area (Å²) in [4.78, 5) is 7.89.